The lowest BCUT2D eigenvalue weighted by atomic mass is 10.3. The second kappa shape index (κ2) is 26.7. The van der Waals surface area contributed by atoms with Crippen LogP contribution in [0.1, 0.15) is 55.1 Å². The molecule has 102 heavy (non-hydrogen) atoms. The zero-order chi connectivity index (χ0) is 69.7. The van der Waals surface area contributed by atoms with E-state index in [1.54, 1.807) is 0 Å². The zero-order valence-corrected chi connectivity index (χ0v) is 59.8. The third-order valence-corrected chi connectivity index (χ3v) is 20.1. The van der Waals surface area contributed by atoms with Crippen LogP contribution in [0.2, 0.25) is 0 Å². The number of imidazole rings is 13. The van der Waals surface area contributed by atoms with Crippen LogP contribution in [0, 0.1) is 48.5 Å². The Morgan fingerprint density at radius 3 is 1.57 bits per heavy atom. The molecular formula is C81H94N21+5. The van der Waals surface area contributed by atoms with Crippen molar-refractivity contribution in [1.29, 1.82) is 0 Å². The Kier molecular flexibility index (Phi) is 17.8. The van der Waals surface area contributed by atoms with Crippen LogP contribution in [0.15, 0.2) is 232 Å². The zero-order valence-electron chi connectivity index (χ0n) is 59.8. The summed E-state index contributed by atoms with van der Waals surface area (Å²) in [4.78, 5) is 8.90. The number of hydrogen-bond donors (Lipinski definition) is 0. The van der Waals surface area contributed by atoms with Gasteiger partial charge in [0.05, 0.1) is 101 Å². The minimum Gasteiger partial charge on any atom is -0.313 e. The molecule has 0 spiro atoms. The monoisotopic (exact) mass is 1360 g/mol. The predicted molar refractivity (Wildman–Crippen MR) is 409 cm³/mol. The van der Waals surface area contributed by atoms with Crippen LogP contribution in [0.25, 0.3) is 100 Å². The maximum absolute atomic E-state index is 4.48. The van der Waals surface area contributed by atoms with Gasteiger partial charge < -0.3 is 9.13 Å². The van der Waals surface area contributed by atoms with Gasteiger partial charge in [-0.1, -0.05) is 75.5 Å². The number of para-hydroxylation sites is 6. The van der Waals surface area contributed by atoms with E-state index < -0.39 is 0 Å². The summed E-state index contributed by atoms with van der Waals surface area (Å²) in [6.45, 7) is 14.7. The van der Waals surface area contributed by atoms with Crippen molar-refractivity contribution in [1.82, 2.24) is 72.6 Å². The Balaban J connectivity index is 0.000000106. The van der Waals surface area contributed by atoms with Crippen molar-refractivity contribution in [3.8, 4) is 0 Å². The topological polar surface area (TPSA) is 110 Å². The van der Waals surface area contributed by atoms with Gasteiger partial charge in [-0.2, -0.15) is 13.2 Å². The summed E-state index contributed by atoms with van der Waals surface area (Å²) in [5, 5.41) is 0. The number of benzene rings is 3. The van der Waals surface area contributed by atoms with Gasteiger partial charge >= 0.3 is 0 Å². The quantitative estimate of drug-likeness (QED) is 0.141. The molecule has 0 saturated heterocycles. The van der Waals surface area contributed by atoms with Gasteiger partial charge in [0, 0.05) is 71.9 Å². The van der Waals surface area contributed by atoms with E-state index in [-0.39, 0.29) is 14.9 Å². The predicted octanol–water partition coefficient (Wildman–Crippen LogP) is 12.6. The van der Waals surface area contributed by atoms with Crippen LogP contribution in [-0.2, 0) is 63.4 Å². The van der Waals surface area contributed by atoms with Crippen LogP contribution < -0.4 is 22.5 Å². The maximum atomic E-state index is 4.48. The molecule has 0 bridgehead atoms. The molecule has 518 valence electrons. The van der Waals surface area contributed by atoms with Gasteiger partial charge in [-0.3, -0.25) is 35.9 Å². The van der Waals surface area contributed by atoms with Gasteiger partial charge in [-0.25, -0.2) is 36.9 Å². The van der Waals surface area contributed by atoms with Crippen LogP contribution in [0.4, 0.5) is 0 Å². The van der Waals surface area contributed by atoms with Crippen molar-refractivity contribution in [3.63, 3.8) is 0 Å². The summed E-state index contributed by atoms with van der Waals surface area (Å²) in [6.07, 6.45) is 27.3. The first kappa shape index (κ1) is 68.1. The highest BCUT2D eigenvalue weighted by Crippen LogP contribution is 2.23. The molecule has 3 aromatic carbocycles. The van der Waals surface area contributed by atoms with E-state index in [1.807, 2.05) is 49.8 Å². The highest BCUT2D eigenvalue weighted by molar-refractivity contribution is 5.83. The van der Waals surface area contributed by atoms with Gasteiger partial charge in [0.25, 0.3) is 34.2 Å². The lowest BCUT2D eigenvalue weighted by molar-refractivity contribution is -0.676. The van der Waals surface area contributed by atoms with Crippen LogP contribution in [0.5, 0.6) is 0 Å². The van der Waals surface area contributed by atoms with Crippen LogP contribution >= 0.6 is 0 Å². The van der Waals surface area contributed by atoms with Gasteiger partial charge in [0.2, 0.25) is 23.0 Å². The molecule has 0 aliphatic heterocycles. The Labute approximate surface area is 592 Å². The number of aryl methyl sites for hydroxylation is 15. The third-order valence-electron chi connectivity index (χ3n) is 20.1. The molecule has 0 fully saturated rings. The summed E-state index contributed by atoms with van der Waals surface area (Å²) >= 11 is 0. The Hall–Kier alpha value is -12.4. The first-order valence-electron chi connectivity index (χ1n) is 33.7. The van der Waals surface area contributed by atoms with E-state index in [4.69, 9.17) is 0 Å². The van der Waals surface area contributed by atoms with Crippen molar-refractivity contribution in [2.75, 3.05) is 0 Å². The lowest BCUT2D eigenvalue weighted by Gasteiger charge is -1.93. The van der Waals surface area contributed by atoms with Gasteiger partial charge in [-0.05, 0) is 113 Å². The van der Waals surface area contributed by atoms with Gasteiger partial charge in [0.1, 0.15) is 45.8 Å². The molecule has 0 N–H and O–H groups in total. The second-order valence-corrected chi connectivity index (χ2v) is 26.2. The number of rotatable bonds is 0. The molecule has 18 heterocycles. The summed E-state index contributed by atoms with van der Waals surface area (Å²) in [6, 6.07) is 52.3. The molecule has 21 heteroatoms. The van der Waals surface area contributed by atoms with E-state index in [1.165, 1.54) is 118 Å². The van der Waals surface area contributed by atoms with E-state index in [0.717, 1.165) is 22.9 Å². The highest BCUT2D eigenvalue weighted by atomic mass is 15.2. The summed E-state index contributed by atoms with van der Waals surface area (Å²) in [5.41, 5.74) is 24.5. The maximum Gasteiger partial charge on any atom is 0.272 e. The molecule has 0 unspecified atom stereocenters. The number of fused-ring (bicyclic) bond motifs is 21. The Morgan fingerprint density at radius 2 is 0.873 bits per heavy atom. The smallest absolute Gasteiger partial charge is 0.272 e. The van der Waals surface area contributed by atoms with E-state index in [0.29, 0.717) is 0 Å². The Morgan fingerprint density at radius 1 is 0.353 bits per heavy atom. The number of nitrogens with zero attached hydrogens (tertiary/aromatic N) is 21. The fourth-order valence-corrected chi connectivity index (χ4v) is 14.3. The first-order valence-corrected chi connectivity index (χ1v) is 33.7. The van der Waals surface area contributed by atoms with Crippen molar-refractivity contribution in [3.05, 3.63) is 273 Å². The third kappa shape index (κ3) is 11.4. The van der Waals surface area contributed by atoms with Crippen molar-refractivity contribution >= 4 is 100 Å². The van der Waals surface area contributed by atoms with Gasteiger partial charge in [0.15, 0.2) is 36.1 Å². The molecule has 0 saturated carbocycles. The number of hydrogen-bond acceptors (Lipinski definition) is 2. The van der Waals surface area contributed by atoms with E-state index in [2.05, 4.69) is 390 Å². The number of pyridine rings is 4. The molecule has 0 amide bonds. The lowest BCUT2D eigenvalue weighted by Crippen LogP contribution is -2.31. The normalized spacial score (nSPS) is 11.4. The summed E-state index contributed by atoms with van der Waals surface area (Å²) < 4.78 is 41.4. The van der Waals surface area contributed by atoms with Crippen molar-refractivity contribution in [2.45, 2.75) is 63.3 Å². The summed E-state index contributed by atoms with van der Waals surface area (Å²) in [5.74, 6) is 5.74. The first-order chi connectivity index (χ1) is 48.3. The van der Waals surface area contributed by atoms with E-state index >= 15 is 0 Å². The standard InChI is InChI=1S/3C12H14N3.2C11H12N3.C11H11N3.C10H9N3.2CH4/c1-9-12-14(3)10-6-4-5-7-11(10)15(12)8-13(9)2;1-9-13(2)8-12-14(3)10-6-4-5-7-11(10)15(9)12;1-9-13(2)11-8-10-6-4-5-7-15(10)12(11)14(9)3;1-9-11-13(8-12(9)2)7-10-5-3-4-6-14(10)11;1-9-12(2)8-11-13-6-4-3-5-10(13)7-14(9)11;1-8-7-14-10-6-4-3-5-9(10)13(2)11(14)12-8;1-8-6-12-7-9-4-2-3-5-13(9)10(12)11-8;;/h3*4-8H,1-3H3;2*3-8H,1-2H3;3-7H,1-2H3;2-7H,1H3;2*1H4/q5*+1;;;;. The highest BCUT2D eigenvalue weighted by Gasteiger charge is 2.23. The van der Waals surface area contributed by atoms with Crippen LogP contribution in [0.3, 0.4) is 0 Å². The van der Waals surface area contributed by atoms with E-state index in [9.17, 15) is 0 Å². The largest absolute Gasteiger partial charge is 0.313 e. The summed E-state index contributed by atoms with van der Waals surface area (Å²) in [7, 11) is 18.8. The average Bonchev–Trinajstić information content (AvgIpc) is 1.60. The number of aromatic nitrogens is 21. The molecule has 0 radical (unpaired) electrons. The molecule has 21 nitrogen and oxygen atoms in total. The average molecular weight is 1360 g/mol. The molecule has 0 atom stereocenters. The fourth-order valence-electron chi connectivity index (χ4n) is 14.3. The fraction of sp³-hybridized carbons (Fsp3) is 0.222. The minimum atomic E-state index is 0. The van der Waals surface area contributed by atoms with Gasteiger partial charge in [-0.15, -0.1) is 0 Å². The molecule has 21 rings (SSSR count). The molecule has 18 aromatic heterocycles. The molecule has 0 aliphatic rings. The Bertz CT molecular complexity index is 6610. The molecule has 21 aromatic rings. The minimum absolute atomic E-state index is 0. The molecular weight excluding hydrogens is 1270 g/mol. The van der Waals surface area contributed by atoms with Crippen molar-refractivity contribution in [2.24, 2.45) is 63.4 Å². The molecule has 0 aliphatic carbocycles. The second-order valence-electron chi connectivity index (χ2n) is 26.2. The van der Waals surface area contributed by atoms with Crippen molar-refractivity contribution < 1.29 is 22.5 Å². The van der Waals surface area contributed by atoms with Crippen LogP contribution in [-0.4, -0.2) is 72.6 Å². The SMILES string of the molecule is C.C.Cc1c2n(C)c3ccccc3[n+]2cn1C.Cc1c2n3ccccc3c[n+]2cn1C.Cc1cn2c3ccccc3n(C)c2n1.Cc1cn2cc3ccccn3c2n1.Cc1n(C)c2cc3ccccn3c2[n+]1C.Cc1n2c3ccccc3n(C)c2c[n+]1C.Cc1n2cc3ccccn3c2c[n+]1C.